The van der Waals surface area contributed by atoms with Gasteiger partial charge in [-0.3, -0.25) is 0 Å². The van der Waals surface area contributed by atoms with Gasteiger partial charge in [-0.15, -0.1) is 0 Å². The number of benzene rings is 2. The van der Waals surface area contributed by atoms with E-state index >= 15 is 0 Å². The molecular weight excluding hydrogens is 306 g/mol. The van der Waals surface area contributed by atoms with Gasteiger partial charge in [-0.1, -0.05) is 36.4 Å². The maximum absolute atomic E-state index is 5.61. The van der Waals surface area contributed by atoms with E-state index in [1.165, 1.54) is 0 Å². The van der Waals surface area contributed by atoms with Crippen LogP contribution in [0.25, 0.3) is 11.1 Å². The quantitative estimate of drug-likeness (QED) is 0.585. The summed E-state index contributed by atoms with van der Waals surface area (Å²) in [4.78, 5) is 7.79. The normalized spacial score (nSPS) is 15.4. The lowest BCUT2D eigenvalue weighted by Gasteiger charge is -2.10. The van der Waals surface area contributed by atoms with Crippen molar-refractivity contribution in [1.82, 2.24) is 0 Å². The Labute approximate surface area is 139 Å². The number of nitrogens with two attached hydrogens (primary N) is 3. The molecule has 7 heteroatoms. The van der Waals surface area contributed by atoms with Crippen LogP contribution >= 0.6 is 0 Å². The van der Waals surface area contributed by atoms with Crippen LogP contribution < -0.4 is 17.2 Å². The van der Waals surface area contributed by atoms with E-state index in [1.54, 1.807) is 0 Å². The Bertz CT molecular complexity index is 744. The lowest BCUT2D eigenvalue weighted by atomic mass is 10.0. The fraction of sp³-hybridized carbons (Fsp3) is 0.176. The van der Waals surface area contributed by atoms with Gasteiger partial charge in [0.25, 0.3) is 0 Å². The predicted molar refractivity (Wildman–Crippen MR) is 93.6 cm³/mol. The van der Waals surface area contributed by atoms with Crippen LogP contribution in [0.3, 0.4) is 0 Å². The van der Waals surface area contributed by atoms with Crippen molar-refractivity contribution in [3.8, 4) is 11.1 Å². The van der Waals surface area contributed by atoms with Crippen LogP contribution in [0.15, 0.2) is 58.5 Å². The molecule has 124 valence electrons. The smallest absolute Gasteiger partial charge is 0.223 e. The van der Waals surface area contributed by atoms with Crippen LogP contribution in [0.5, 0.6) is 0 Å². The highest BCUT2D eigenvalue weighted by Crippen LogP contribution is 2.27. The second-order valence-corrected chi connectivity index (χ2v) is 5.25. The lowest BCUT2D eigenvalue weighted by Crippen LogP contribution is -2.26. The molecule has 1 aliphatic rings. The van der Waals surface area contributed by atoms with Gasteiger partial charge in [0.1, 0.15) is 0 Å². The Morgan fingerprint density at radius 3 is 1.92 bits per heavy atom. The summed E-state index contributed by atoms with van der Waals surface area (Å²) in [7, 11) is 0. The largest absolute Gasteiger partial charge is 0.370 e. The minimum absolute atomic E-state index is 0.0173. The topological polar surface area (TPSA) is 121 Å². The summed E-state index contributed by atoms with van der Waals surface area (Å²) in [5.41, 5.74) is 20.0. The minimum Gasteiger partial charge on any atom is -0.370 e. The van der Waals surface area contributed by atoms with Crippen molar-refractivity contribution in [3.05, 3.63) is 54.1 Å². The van der Waals surface area contributed by atoms with Gasteiger partial charge < -0.3 is 26.7 Å². The van der Waals surface area contributed by atoms with Gasteiger partial charge in [-0.25, -0.2) is 4.99 Å². The Morgan fingerprint density at radius 2 is 1.38 bits per heavy atom. The van der Waals surface area contributed by atoms with E-state index < -0.39 is 0 Å². The molecule has 0 amide bonds. The van der Waals surface area contributed by atoms with Gasteiger partial charge in [0.2, 0.25) is 5.96 Å². The average Bonchev–Trinajstić information content (AvgIpc) is 3.09. The molecule has 2 aromatic rings. The number of nitrogens with zero attached hydrogens (tertiary/aromatic N) is 2. The van der Waals surface area contributed by atoms with Crippen molar-refractivity contribution < 1.29 is 9.47 Å². The van der Waals surface area contributed by atoms with Crippen LogP contribution in [0, 0.1) is 0 Å². The summed E-state index contributed by atoms with van der Waals surface area (Å²) in [5.74, 6) is -0.105. The molecule has 0 saturated carbocycles. The maximum atomic E-state index is 5.61. The SMILES string of the molecule is NC(N)=NC(N)=Nc1ccc(-c2ccc(C3OCCO3)cc2)cc1. The molecule has 0 aliphatic carbocycles. The first-order valence-electron chi connectivity index (χ1n) is 7.49. The van der Waals surface area contributed by atoms with E-state index in [0.29, 0.717) is 18.9 Å². The molecule has 24 heavy (non-hydrogen) atoms. The van der Waals surface area contributed by atoms with E-state index in [-0.39, 0.29) is 18.2 Å². The van der Waals surface area contributed by atoms with Gasteiger partial charge in [-0.2, -0.15) is 4.99 Å². The van der Waals surface area contributed by atoms with Gasteiger partial charge in [-0.05, 0) is 23.3 Å². The Hall–Kier alpha value is -2.90. The van der Waals surface area contributed by atoms with E-state index in [0.717, 1.165) is 16.7 Å². The van der Waals surface area contributed by atoms with Crippen molar-refractivity contribution >= 4 is 17.6 Å². The first-order chi connectivity index (χ1) is 11.6. The highest BCUT2D eigenvalue weighted by Gasteiger charge is 2.17. The van der Waals surface area contributed by atoms with Crippen LogP contribution in [0.4, 0.5) is 5.69 Å². The molecule has 3 rings (SSSR count). The molecule has 1 saturated heterocycles. The standard InChI is InChI=1S/C17H19N5O2/c18-16(19)22-17(20)21-14-7-5-12(6-8-14)11-1-3-13(4-2-11)15-23-9-10-24-15/h1-8,15H,9-10H2,(H6,18,19,20,21,22). The van der Waals surface area contributed by atoms with Crippen molar-refractivity contribution in [2.75, 3.05) is 13.2 Å². The number of guanidine groups is 2. The monoisotopic (exact) mass is 325 g/mol. The lowest BCUT2D eigenvalue weighted by molar-refractivity contribution is -0.0441. The molecule has 0 atom stereocenters. The van der Waals surface area contributed by atoms with Gasteiger partial charge in [0.05, 0.1) is 18.9 Å². The average molecular weight is 325 g/mol. The highest BCUT2D eigenvalue weighted by atomic mass is 16.7. The third-order valence-electron chi connectivity index (χ3n) is 3.49. The number of hydrogen-bond donors (Lipinski definition) is 3. The van der Waals surface area contributed by atoms with Gasteiger partial charge >= 0.3 is 0 Å². The number of aliphatic imine (C=N–C) groups is 2. The third kappa shape index (κ3) is 3.89. The van der Waals surface area contributed by atoms with Crippen molar-refractivity contribution in [1.29, 1.82) is 0 Å². The molecule has 0 aromatic heterocycles. The molecule has 7 nitrogen and oxygen atoms in total. The Kier molecular flexibility index (Phi) is 4.74. The van der Waals surface area contributed by atoms with Crippen molar-refractivity contribution in [2.24, 2.45) is 27.2 Å². The van der Waals surface area contributed by atoms with Crippen LogP contribution in [-0.2, 0) is 9.47 Å². The summed E-state index contributed by atoms with van der Waals surface area (Å²) in [6, 6.07) is 15.7. The van der Waals surface area contributed by atoms with E-state index in [9.17, 15) is 0 Å². The zero-order valence-corrected chi connectivity index (χ0v) is 13.1. The summed E-state index contributed by atoms with van der Waals surface area (Å²) in [5, 5.41) is 0. The Morgan fingerprint density at radius 1 is 0.833 bits per heavy atom. The zero-order chi connectivity index (χ0) is 16.9. The van der Waals surface area contributed by atoms with Gasteiger partial charge in [0.15, 0.2) is 12.2 Å². The van der Waals surface area contributed by atoms with Crippen molar-refractivity contribution in [3.63, 3.8) is 0 Å². The molecule has 6 N–H and O–H groups in total. The second kappa shape index (κ2) is 7.12. The minimum atomic E-state index is -0.255. The molecule has 2 aromatic carbocycles. The Balaban J connectivity index is 1.74. The molecule has 1 fully saturated rings. The molecule has 1 heterocycles. The van der Waals surface area contributed by atoms with E-state index in [4.69, 9.17) is 26.7 Å². The second-order valence-electron chi connectivity index (χ2n) is 5.25. The molecule has 1 aliphatic heterocycles. The highest BCUT2D eigenvalue weighted by molar-refractivity contribution is 5.93. The number of rotatable bonds is 3. The van der Waals surface area contributed by atoms with Crippen LogP contribution in [0.1, 0.15) is 11.9 Å². The maximum Gasteiger partial charge on any atom is 0.223 e. The first-order valence-corrected chi connectivity index (χ1v) is 7.49. The van der Waals surface area contributed by atoms with Gasteiger partial charge in [0, 0.05) is 5.56 Å². The van der Waals surface area contributed by atoms with Crippen LogP contribution in [-0.4, -0.2) is 25.1 Å². The van der Waals surface area contributed by atoms with E-state index in [1.807, 2.05) is 48.5 Å². The summed E-state index contributed by atoms with van der Waals surface area (Å²) < 4.78 is 11.0. The summed E-state index contributed by atoms with van der Waals surface area (Å²) in [6.07, 6.45) is -0.255. The summed E-state index contributed by atoms with van der Waals surface area (Å²) in [6.45, 7) is 1.27. The first kappa shape index (κ1) is 16.0. The fourth-order valence-corrected chi connectivity index (χ4v) is 2.40. The fourth-order valence-electron chi connectivity index (χ4n) is 2.40. The van der Waals surface area contributed by atoms with E-state index in [2.05, 4.69) is 9.98 Å². The predicted octanol–water partition coefficient (Wildman–Crippen LogP) is 1.62. The number of hydrogen-bond acceptors (Lipinski definition) is 3. The summed E-state index contributed by atoms with van der Waals surface area (Å²) >= 11 is 0. The number of ether oxygens (including phenoxy) is 2. The zero-order valence-electron chi connectivity index (χ0n) is 13.1. The third-order valence-corrected chi connectivity index (χ3v) is 3.49. The molecule has 0 unspecified atom stereocenters. The van der Waals surface area contributed by atoms with Crippen LogP contribution in [0.2, 0.25) is 0 Å². The molecule has 0 spiro atoms. The molecule has 0 bridgehead atoms. The molecular formula is C17H19N5O2. The van der Waals surface area contributed by atoms with Crippen molar-refractivity contribution in [2.45, 2.75) is 6.29 Å². The molecule has 0 radical (unpaired) electrons.